The van der Waals surface area contributed by atoms with Gasteiger partial charge in [0.1, 0.15) is 17.9 Å². The lowest BCUT2D eigenvalue weighted by Crippen LogP contribution is -2.99. The summed E-state index contributed by atoms with van der Waals surface area (Å²) in [5, 5.41) is 7.41. The predicted molar refractivity (Wildman–Crippen MR) is 97.5 cm³/mol. The predicted octanol–water partition coefficient (Wildman–Crippen LogP) is 0.220. The number of nitrogens with two attached hydrogens (primary N) is 1. The van der Waals surface area contributed by atoms with Gasteiger partial charge in [-0.2, -0.15) is 0 Å². The molecule has 3 aliphatic rings. The second-order valence-electron chi connectivity index (χ2n) is 7.70. The van der Waals surface area contributed by atoms with E-state index in [1.165, 1.54) is 0 Å². The normalized spacial score (nSPS) is 31.0. The fourth-order valence-electron chi connectivity index (χ4n) is 5.14. The van der Waals surface area contributed by atoms with Crippen LogP contribution in [0.1, 0.15) is 16.7 Å². The van der Waals surface area contributed by atoms with Crippen molar-refractivity contribution in [2.75, 3.05) is 5.32 Å². The zero-order valence-corrected chi connectivity index (χ0v) is 14.9. The molecule has 3 amide bonds. The summed E-state index contributed by atoms with van der Waals surface area (Å²) in [6, 6.07) is 15.4. The smallest absolute Gasteiger partial charge is 0.291 e. The first-order valence-corrected chi connectivity index (χ1v) is 9.18. The van der Waals surface area contributed by atoms with Crippen LogP contribution in [0.15, 0.2) is 48.5 Å². The molecule has 2 saturated heterocycles. The zero-order chi connectivity index (χ0) is 18.8. The Bertz CT molecular complexity index is 987. The lowest BCUT2D eigenvalue weighted by Gasteiger charge is -2.24. The molecule has 6 heteroatoms. The Balaban J connectivity index is 1.64. The molecule has 6 nitrogen and oxygen atoms in total. The second kappa shape index (κ2) is 5.50. The van der Waals surface area contributed by atoms with Gasteiger partial charge in [-0.15, -0.1) is 0 Å². The Morgan fingerprint density at radius 1 is 0.963 bits per heavy atom. The topological polar surface area (TPSA) is 91.9 Å². The lowest BCUT2D eigenvalue weighted by molar-refractivity contribution is -0.733. The number of nitrogens with one attached hydrogen (secondary N) is 2. The molecule has 136 valence electrons. The van der Waals surface area contributed by atoms with Gasteiger partial charge in [0.25, 0.3) is 5.91 Å². The zero-order valence-electron chi connectivity index (χ0n) is 14.9. The van der Waals surface area contributed by atoms with E-state index in [1.54, 1.807) is 0 Å². The summed E-state index contributed by atoms with van der Waals surface area (Å²) >= 11 is 0. The molecule has 27 heavy (non-hydrogen) atoms. The molecule has 0 unspecified atom stereocenters. The minimum Gasteiger partial charge on any atom is -0.326 e. The van der Waals surface area contributed by atoms with Crippen molar-refractivity contribution >= 4 is 23.4 Å². The van der Waals surface area contributed by atoms with Crippen LogP contribution in [0.2, 0.25) is 0 Å². The maximum atomic E-state index is 13.2. The Hall–Kier alpha value is -2.99. The average molecular weight is 362 g/mol. The number of aryl methyl sites for hydroxylation is 1. The van der Waals surface area contributed by atoms with E-state index in [9.17, 15) is 14.4 Å². The summed E-state index contributed by atoms with van der Waals surface area (Å²) in [6.45, 7) is 1.94. The fraction of sp³-hybridized carbons (Fsp3) is 0.286. The molecular formula is C21H20N3O3+. The van der Waals surface area contributed by atoms with E-state index in [-0.39, 0.29) is 23.8 Å². The maximum Gasteiger partial charge on any atom is 0.291 e. The molecule has 3 aliphatic heterocycles. The summed E-state index contributed by atoms with van der Waals surface area (Å²) < 4.78 is 0. The number of quaternary nitrogens is 1. The van der Waals surface area contributed by atoms with Crippen LogP contribution in [0.25, 0.3) is 0 Å². The molecular weight excluding hydrogens is 342 g/mol. The highest BCUT2D eigenvalue weighted by atomic mass is 16.2. The van der Waals surface area contributed by atoms with Gasteiger partial charge in [-0.25, -0.2) is 0 Å². The molecule has 2 aromatic rings. The number of anilines is 1. The van der Waals surface area contributed by atoms with Crippen molar-refractivity contribution in [3.63, 3.8) is 0 Å². The number of carbonyl (C=O) groups is 3. The van der Waals surface area contributed by atoms with Crippen LogP contribution in [-0.2, 0) is 26.3 Å². The van der Waals surface area contributed by atoms with Crippen LogP contribution in [0.4, 0.5) is 5.69 Å². The number of benzene rings is 2. The number of imide groups is 1. The van der Waals surface area contributed by atoms with E-state index in [0.717, 1.165) is 22.4 Å². The van der Waals surface area contributed by atoms with Crippen molar-refractivity contribution in [3.05, 3.63) is 65.2 Å². The van der Waals surface area contributed by atoms with Gasteiger partial charge in [0.2, 0.25) is 17.4 Å². The molecule has 0 radical (unpaired) electrons. The number of rotatable bonds is 2. The summed E-state index contributed by atoms with van der Waals surface area (Å²) in [6.07, 6.45) is 0.624. The molecule has 0 bridgehead atoms. The van der Waals surface area contributed by atoms with Crippen LogP contribution in [-0.4, -0.2) is 23.8 Å². The summed E-state index contributed by atoms with van der Waals surface area (Å²) in [5.41, 5.74) is 2.54. The number of fused-ring (bicyclic) bond motifs is 4. The lowest BCUT2D eigenvalue weighted by atomic mass is 9.76. The van der Waals surface area contributed by atoms with E-state index in [4.69, 9.17) is 0 Å². The van der Waals surface area contributed by atoms with Gasteiger partial charge in [0.05, 0.1) is 5.69 Å². The Morgan fingerprint density at radius 3 is 2.52 bits per heavy atom. The van der Waals surface area contributed by atoms with Gasteiger partial charge in [-0.05, 0) is 18.1 Å². The van der Waals surface area contributed by atoms with Crippen molar-refractivity contribution in [3.8, 4) is 0 Å². The number of carbonyl (C=O) groups excluding carboxylic acids is 3. The highest BCUT2D eigenvalue weighted by Gasteiger charge is 2.72. The number of hydrogen-bond donors (Lipinski definition) is 3. The van der Waals surface area contributed by atoms with Crippen LogP contribution in [0.3, 0.4) is 0 Å². The first-order chi connectivity index (χ1) is 13.0. The standard InChI is InChI=1S/C21H19N3O3/c1-11-6-5-9-13-17(11)22-20(27)21(13)16-15(18(25)23-19(16)26)14(24-21)10-12-7-3-2-4-8-12/h2-9,14-16,24H,10H2,1H3,(H,22,27)(H,23,25,26)/p+1/t14-,15-,16+,21-/m1/s1. The van der Waals surface area contributed by atoms with Gasteiger partial charge in [-0.1, -0.05) is 48.5 Å². The van der Waals surface area contributed by atoms with Crippen LogP contribution in [0, 0.1) is 18.8 Å². The van der Waals surface area contributed by atoms with Gasteiger partial charge in [0.15, 0.2) is 0 Å². The molecule has 4 atom stereocenters. The van der Waals surface area contributed by atoms with Gasteiger partial charge < -0.3 is 10.6 Å². The number of amides is 3. The monoisotopic (exact) mass is 362 g/mol. The molecule has 5 rings (SSSR count). The van der Waals surface area contributed by atoms with Crippen molar-refractivity contribution < 1.29 is 19.7 Å². The van der Waals surface area contributed by atoms with E-state index in [1.807, 2.05) is 60.8 Å². The van der Waals surface area contributed by atoms with Gasteiger partial charge in [0, 0.05) is 12.0 Å². The van der Waals surface area contributed by atoms with Crippen LogP contribution >= 0.6 is 0 Å². The largest absolute Gasteiger partial charge is 0.326 e. The Labute approximate surface area is 156 Å². The molecule has 0 aromatic heterocycles. The van der Waals surface area contributed by atoms with Crippen LogP contribution < -0.4 is 16.0 Å². The van der Waals surface area contributed by atoms with E-state index >= 15 is 0 Å². The molecule has 2 aromatic carbocycles. The maximum absolute atomic E-state index is 13.2. The highest BCUT2D eigenvalue weighted by molar-refractivity contribution is 6.14. The Kier molecular flexibility index (Phi) is 3.30. The fourth-order valence-corrected chi connectivity index (χ4v) is 5.14. The van der Waals surface area contributed by atoms with Crippen molar-refractivity contribution in [2.45, 2.75) is 24.9 Å². The molecule has 0 saturated carbocycles. The molecule has 0 aliphatic carbocycles. The summed E-state index contributed by atoms with van der Waals surface area (Å²) in [4.78, 5) is 38.5. The Morgan fingerprint density at radius 2 is 1.74 bits per heavy atom. The summed E-state index contributed by atoms with van der Waals surface area (Å²) in [5.74, 6) is -2.03. The minimum absolute atomic E-state index is 0.180. The first-order valence-electron chi connectivity index (χ1n) is 9.18. The third-order valence-corrected chi connectivity index (χ3v) is 6.27. The van der Waals surface area contributed by atoms with Crippen molar-refractivity contribution in [1.82, 2.24) is 5.32 Å². The highest BCUT2D eigenvalue weighted by Crippen LogP contribution is 2.48. The minimum atomic E-state index is -1.08. The third kappa shape index (κ3) is 2.07. The van der Waals surface area contributed by atoms with Gasteiger partial charge >= 0.3 is 0 Å². The number of para-hydroxylation sites is 1. The van der Waals surface area contributed by atoms with E-state index < -0.39 is 17.4 Å². The van der Waals surface area contributed by atoms with Gasteiger partial charge in [-0.3, -0.25) is 19.7 Å². The third-order valence-electron chi connectivity index (χ3n) is 6.27. The van der Waals surface area contributed by atoms with Crippen molar-refractivity contribution in [2.24, 2.45) is 11.8 Å². The first kappa shape index (κ1) is 16.2. The SMILES string of the molecule is Cc1cccc2c1NC(=O)[C@@]21[NH2+][C@H](Cc2ccccc2)[C@H]2C(=O)NC(=O)[C@H]21. The average Bonchev–Trinajstić information content (AvgIpc) is 3.24. The van der Waals surface area contributed by atoms with E-state index in [0.29, 0.717) is 6.42 Å². The second-order valence-corrected chi connectivity index (χ2v) is 7.70. The molecule has 2 fully saturated rings. The number of hydrogen-bond acceptors (Lipinski definition) is 3. The van der Waals surface area contributed by atoms with Crippen LogP contribution in [0.5, 0.6) is 0 Å². The quantitative estimate of drug-likeness (QED) is 0.668. The van der Waals surface area contributed by atoms with Crippen molar-refractivity contribution in [1.29, 1.82) is 0 Å². The summed E-state index contributed by atoms with van der Waals surface area (Å²) in [7, 11) is 0. The molecule has 4 N–H and O–H groups in total. The van der Waals surface area contributed by atoms with E-state index in [2.05, 4.69) is 10.6 Å². The molecule has 3 heterocycles. The molecule has 1 spiro atoms.